The van der Waals surface area contributed by atoms with E-state index >= 15 is 0 Å². The Hall–Kier alpha value is -1.27. The van der Waals surface area contributed by atoms with Crippen molar-refractivity contribution in [3.63, 3.8) is 0 Å². The molecule has 2 heterocycles. The molecule has 96 valence electrons. The van der Waals surface area contributed by atoms with Crippen molar-refractivity contribution >= 4 is 11.3 Å². The molecule has 6 heteroatoms. The van der Waals surface area contributed by atoms with Gasteiger partial charge in [0.1, 0.15) is 5.01 Å². The van der Waals surface area contributed by atoms with E-state index in [-0.39, 0.29) is 6.04 Å². The van der Waals surface area contributed by atoms with Gasteiger partial charge in [-0.2, -0.15) is 4.98 Å². The Balaban J connectivity index is 1.70. The number of nitrogens with two attached hydrogens (primary N) is 1. The highest BCUT2D eigenvalue weighted by Gasteiger charge is 2.27. The van der Waals surface area contributed by atoms with Gasteiger partial charge in [-0.25, -0.2) is 4.98 Å². The first-order chi connectivity index (χ1) is 8.70. The molecule has 18 heavy (non-hydrogen) atoms. The third-order valence-corrected chi connectivity index (χ3v) is 4.25. The summed E-state index contributed by atoms with van der Waals surface area (Å²) in [6, 6.07) is 0.284. The Bertz CT molecular complexity index is 536. The highest BCUT2D eigenvalue weighted by molar-refractivity contribution is 7.09. The summed E-state index contributed by atoms with van der Waals surface area (Å²) in [5.41, 5.74) is 6.94. The molecular weight excluding hydrogens is 248 g/mol. The quantitative estimate of drug-likeness (QED) is 0.917. The number of rotatable bonds is 3. The van der Waals surface area contributed by atoms with Gasteiger partial charge in [-0.15, -0.1) is 11.3 Å². The van der Waals surface area contributed by atoms with Crippen molar-refractivity contribution in [2.75, 3.05) is 0 Å². The van der Waals surface area contributed by atoms with E-state index in [9.17, 15) is 0 Å². The highest BCUT2D eigenvalue weighted by Crippen LogP contribution is 2.32. The molecular formula is C12H16N4OS. The molecule has 0 amide bonds. The van der Waals surface area contributed by atoms with Gasteiger partial charge in [-0.3, -0.25) is 0 Å². The zero-order valence-corrected chi connectivity index (χ0v) is 11.1. The number of hydrogen-bond donors (Lipinski definition) is 1. The Kier molecular flexibility index (Phi) is 3.13. The van der Waals surface area contributed by atoms with Crippen LogP contribution in [0.4, 0.5) is 0 Å². The van der Waals surface area contributed by atoms with Crippen LogP contribution in [0.2, 0.25) is 0 Å². The van der Waals surface area contributed by atoms with Gasteiger partial charge in [0, 0.05) is 23.0 Å². The first kappa shape index (κ1) is 11.8. The molecule has 0 aliphatic heterocycles. The van der Waals surface area contributed by atoms with Crippen LogP contribution in [-0.4, -0.2) is 21.2 Å². The summed E-state index contributed by atoms with van der Waals surface area (Å²) in [6.45, 7) is 1.99. The van der Waals surface area contributed by atoms with Gasteiger partial charge in [-0.1, -0.05) is 5.16 Å². The normalized spacial score (nSPS) is 23.7. The summed E-state index contributed by atoms with van der Waals surface area (Å²) in [5.74, 6) is 1.81. The van der Waals surface area contributed by atoms with Crippen molar-refractivity contribution in [2.24, 2.45) is 5.73 Å². The van der Waals surface area contributed by atoms with E-state index in [0.29, 0.717) is 12.3 Å². The third kappa shape index (κ3) is 2.44. The van der Waals surface area contributed by atoms with Gasteiger partial charge < -0.3 is 10.3 Å². The lowest BCUT2D eigenvalue weighted by molar-refractivity contribution is 0.350. The fraction of sp³-hybridized carbons (Fsp3) is 0.583. The summed E-state index contributed by atoms with van der Waals surface area (Å²) in [7, 11) is 0. The van der Waals surface area contributed by atoms with Crippen LogP contribution in [0.1, 0.15) is 47.6 Å². The van der Waals surface area contributed by atoms with Crippen LogP contribution in [-0.2, 0) is 6.42 Å². The molecule has 2 aromatic heterocycles. The summed E-state index contributed by atoms with van der Waals surface area (Å²) < 4.78 is 5.34. The predicted molar refractivity (Wildman–Crippen MR) is 68.5 cm³/mol. The summed E-state index contributed by atoms with van der Waals surface area (Å²) >= 11 is 1.63. The molecule has 0 aromatic carbocycles. The van der Waals surface area contributed by atoms with Crippen molar-refractivity contribution in [2.45, 2.75) is 44.6 Å². The number of hydrogen-bond acceptors (Lipinski definition) is 6. The maximum Gasteiger partial charge on any atom is 0.229 e. The second kappa shape index (κ2) is 4.78. The standard InChI is InChI=1S/C12H16N4OS/c1-7-6-18-11(14-7)5-10-15-12(17-16-10)8-2-3-9(13)4-8/h6,8-9H,2-5,13H2,1H3. The lowest BCUT2D eigenvalue weighted by Crippen LogP contribution is -2.14. The van der Waals surface area contributed by atoms with Crippen molar-refractivity contribution in [3.05, 3.63) is 27.8 Å². The van der Waals surface area contributed by atoms with E-state index in [1.807, 2.05) is 12.3 Å². The number of aromatic nitrogens is 3. The van der Waals surface area contributed by atoms with Crippen molar-refractivity contribution in [3.8, 4) is 0 Å². The Labute approximate surface area is 109 Å². The minimum atomic E-state index is 0.284. The van der Waals surface area contributed by atoms with Crippen LogP contribution in [0, 0.1) is 6.92 Å². The Morgan fingerprint density at radius 3 is 3.00 bits per heavy atom. The molecule has 2 aromatic rings. The number of nitrogens with zero attached hydrogens (tertiary/aromatic N) is 3. The first-order valence-electron chi connectivity index (χ1n) is 6.20. The molecule has 0 spiro atoms. The molecule has 1 aliphatic rings. The number of thiazole rings is 1. The molecule has 1 fully saturated rings. The molecule has 3 rings (SSSR count). The van der Waals surface area contributed by atoms with Crippen molar-refractivity contribution in [1.29, 1.82) is 0 Å². The summed E-state index contributed by atoms with van der Waals surface area (Å²) in [6.07, 6.45) is 3.71. The Morgan fingerprint density at radius 1 is 1.44 bits per heavy atom. The average Bonchev–Trinajstić information content (AvgIpc) is 3.01. The maximum atomic E-state index is 5.90. The van der Waals surface area contributed by atoms with Gasteiger partial charge >= 0.3 is 0 Å². The van der Waals surface area contributed by atoms with Crippen LogP contribution in [0.15, 0.2) is 9.90 Å². The van der Waals surface area contributed by atoms with E-state index in [4.69, 9.17) is 10.3 Å². The minimum absolute atomic E-state index is 0.284. The fourth-order valence-electron chi connectivity index (χ4n) is 2.36. The van der Waals surface area contributed by atoms with Crippen LogP contribution in [0.25, 0.3) is 0 Å². The second-order valence-electron chi connectivity index (χ2n) is 4.88. The third-order valence-electron chi connectivity index (χ3n) is 3.28. The largest absolute Gasteiger partial charge is 0.339 e. The fourth-order valence-corrected chi connectivity index (χ4v) is 3.13. The van der Waals surface area contributed by atoms with Crippen molar-refractivity contribution in [1.82, 2.24) is 15.1 Å². The monoisotopic (exact) mass is 264 g/mol. The SMILES string of the molecule is Cc1csc(Cc2noc(C3CCC(N)C3)n2)n1. The van der Waals surface area contributed by atoms with Crippen LogP contribution < -0.4 is 5.73 Å². The van der Waals surface area contributed by atoms with Gasteiger partial charge in [0.05, 0.1) is 6.42 Å². The molecule has 0 radical (unpaired) electrons. The zero-order chi connectivity index (χ0) is 12.5. The van der Waals surface area contributed by atoms with Crippen LogP contribution in [0.5, 0.6) is 0 Å². The Morgan fingerprint density at radius 2 is 2.33 bits per heavy atom. The summed E-state index contributed by atoms with van der Waals surface area (Å²) in [4.78, 5) is 8.87. The predicted octanol–water partition coefficient (Wildman–Crippen LogP) is 2.02. The van der Waals surface area contributed by atoms with E-state index < -0.39 is 0 Å². The van der Waals surface area contributed by atoms with E-state index in [1.54, 1.807) is 11.3 Å². The smallest absolute Gasteiger partial charge is 0.229 e. The first-order valence-corrected chi connectivity index (χ1v) is 7.07. The highest BCUT2D eigenvalue weighted by atomic mass is 32.1. The van der Waals surface area contributed by atoms with E-state index in [2.05, 4.69) is 15.1 Å². The lowest BCUT2D eigenvalue weighted by Gasteiger charge is -2.01. The molecule has 2 N–H and O–H groups in total. The molecule has 2 atom stereocenters. The lowest BCUT2D eigenvalue weighted by atomic mass is 10.1. The molecule has 2 unspecified atom stereocenters. The van der Waals surface area contributed by atoms with Gasteiger partial charge in [0.25, 0.3) is 0 Å². The molecule has 5 nitrogen and oxygen atoms in total. The second-order valence-corrected chi connectivity index (χ2v) is 5.82. The maximum absolute atomic E-state index is 5.90. The van der Waals surface area contributed by atoms with Gasteiger partial charge in [0.15, 0.2) is 5.82 Å². The molecule has 1 aliphatic carbocycles. The van der Waals surface area contributed by atoms with Gasteiger partial charge in [-0.05, 0) is 26.2 Å². The van der Waals surface area contributed by atoms with Crippen LogP contribution in [0.3, 0.4) is 0 Å². The zero-order valence-electron chi connectivity index (χ0n) is 10.3. The van der Waals surface area contributed by atoms with Crippen LogP contribution >= 0.6 is 11.3 Å². The summed E-state index contributed by atoms with van der Waals surface area (Å²) in [5, 5.41) is 7.09. The molecule has 0 bridgehead atoms. The van der Waals surface area contributed by atoms with Gasteiger partial charge in [0.2, 0.25) is 5.89 Å². The van der Waals surface area contributed by atoms with Crippen molar-refractivity contribution < 1.29 is 4.52 Å². The van der Waals surface area contributed by atoms with E-state index in [0.717, 1.165) is 41.7 Å². The topological polar surface area (TPSA) is 77.8 Å². The number of aryl methyl sites for hydroxylation is 1. The molecule has 1 saturated carbocycles. The average molecular weight is 264 g/mol. The minimum Gasteiger partial charge on any atom is -0.339 e. The van der Waals surface area contributed by atoms with E-state index in [1.165, 1.54) is 0 Å². The molecule has 0 saturated heterocycles.